The predicted octanol–water partition coefficient (Wildman–Crippen LogP) is 3.81. The topological polar surface area (TPSA) is 58.1 Å². The molecule has 1 unspecified atom stereocenters. The number of carbonyl (C=O) groups excluding carboxylic acids is 1. The predicted molar refractivity (Wildman–Crippen MR) is 116 cm³/mol. The normalized spacial score (nSPS) is 17.6. The van der Waals surface area contributed by atoms with Gasteiger partial charge < -0.3 is 5.32 Å². The second-order valence-electron chi connectivity index (χ2n) is 7.14. The third kappa shape index (κ3) is 5.31. The number of pyridine rings is 1. The lowest BCUT2D eigenvalue weighted by atomic mass is 9.97. The SMILES string of the molecule is O=C(CSc1nc2ccccc2s1)NCC1CCCN(Cc2ccncc2)C1. The van der Waals surface area contributed by atoms with Crippen molar-refractivity contribution in [3.63, 3.8) is 0 Å². The van der Waals surface area contributed by atoms with Gasteiger partial charge in [-0.25, -0.2) is 4.98 Å². The third-order valence-electron chi connectivity index (χ3n) is 4.95. The van der Waals surface area contributed by atoms with Crippen LogP contribution in [0.5, 0.6) is 0 Å². The van der Waals surface area contributed by atoms with E-state index in [1.807, 2.05) is 30.6 Å². The Morgan fingerprint density at radius 2 is 2.11 bits per heavy atom. The van der Waals surface area contributed by atoms with Crippen molar-refractivity contribution in [2.45, 2.75) is 23.7 Å². The maximum absolute atomic E-state index is 12.3. The Hall–Kier alpha value is -1.96. The van der Waals surface area contributed by atoms with Gasteiger partial charge >= 0.3 is 0 Å². The Balaban J connectivity index is 1.20. The number of fused-ring (bicyclic) bond motifs is 1. The summed E-state index contributed by atoms with van der Waals surface area (Å²) in [5, 5.41) is 3.12. The van der Waals surface area contributed by atoms with Crippen LogP contribution in [0.25, 0.3) is 10.2 Å². The maximum atomic E-state index is 12.3. The number of aromatic nitrogens is 2. The van der Waals surface area contributed by atoms with E-state index in [1.165, 1.54) is 34.9 Å². The molecule has 4 rings (SSSR count). The van der Waals surface area contributed by atoms with Crippen molar-refractivity contribution in [1.29, 1.82) is 0 Å². The number of likely N-dealkylation sites (tertiary alicyclic amines) is 1. The van der Waals surface area contributed by atoms with Gasteiger partial charge in [0, 0.05) is 32.0 Å². The van der Waals surface area contributed by atoms with Gasteiger partial charge in [0.15, 0.2) is 4.34 Å². The van der Waals surface area contributed by atoms with Gasteiger partial charge in [-0.05, 0) is 55.1 Å². The van der Waals surface area contributed by atoms with Gasteiger partial charge in [0.1, 0.15) is 0 Å². The Morgan fingerprint density at radius 3 is 2.96 bits per heavy atom. The molecule has 0 spiro atoms. The molecule has 1 amide bonds. The van der Waals surface area contributed by atoms with Crippen LogP contribution in [0.2, 0.25) is 0 Å². The molecule has 1 fully saturated rings. The highest BCUT2D eigenvalue weighted by Gasteiger charge is 2.20. The Morgan fingerprint density at radius 1 is 1.25 bits per heavy atom. The second kappa shape index (κ2) is 9.49. The van der Waals surface area contributed by atoms with Gasteiger partial charge in [0.05, 0.1) is 16.0 Å². The minimum atomic E-state index is 0.0931. The molecule has 0 radical (unpaired) electrons. The van der Waals surface area contributed by atoms with Crippen LogP contribution in [0, 0.1) is 5.92 Å². The molecular formula is C21H24N4OS2. The lowest BCUT2D eigenvalue weighted by Gasteiger charge is -2.32. The molecule has 0 aliphatic carbocycles. The quantitative estimate of drug-likeness (QED) is 0.598. The summed E-state index contributed by atoms with van der Waals surface area (Å²) >= 11 is 3.17. The fraction of sp³-hybridized carbons (Fsp3) is 0.381. The molecule has 0 bridgehead atoms. The van der Waals surface area contributed by atoms with E-state index in [-0.39, 0.29) is 5.91 Å². The van der Waals surface area contributed by atoms with E-state index in [0.717, 1.165) is 36.0 Å². The van der Waals surface area contributed by atoms with Crippen molar-refractivity contribution in [2.75, 3.05) is 25.4 Å². The van der Waals surface area contributed by atoms with E-state index in [9.17, 15) is 4.79 Å². The average molecular weight is 413 g/mol. The molecule has 1 aliphatic rings. The summed E-state index contributed by atoms with van der Waals surface area (Å²) in [5.41, 5.74) is 2.30. The van der Waals surface area contributed by atoms with Gasteiger partial charge in [0.25, 0.3) is 0 Å². The first-order chi connectivity index (χ1) is 13.8. The van der Waals surface area contributed by atoms with E-state index >= 15 is 0 Å². The van der Waals surface area contributed by atoms with Gasteiger partial charge in [0.2, 0.25) is 5.91 Å². The first kappa shape index (κ1) is 19.4. The average Bonchev–Trinajstić information content (AvgIpc) is 3.15. The van der Waals surface area contributed by atoms with Crippen LogP contribution < -0.4 is 5.32 Å². The molecule has 1 aliphatic heterocycles. The van der Waals surface area contributed by atoms with E-state index < -0.39 is 0 Å². The largest absolute Gasteiger partial charge is 0.355 e. The highest BCUT2D eigenvalue weighted by atomic mass is 32.2. The number of hydrogen-bond acceptors (Lipinski definition) is 6. The van der Waals surface area contributed by atoms with Crippen LogP contribution >= 0.6 is 23.1 Å². The highest BCUT2D eigenvalue weighted by molar-refractivity contribution is 8.01. The number of rotatable bonds is 7. The van der Waals surface area contributed by atoms with E-state index in [4.69, 9.17) is 0 Å². The minimum Gasteiger partial charge on any atom is -0.355 e. The molecule has 5 nitrogen and oxygen atoms in total. The minimum absolute atomic E-state index is 0.0931. The molecule has 1 aromatic carbocycles. The molecule has 3 aromatic rings. The number of hydrogen-bond donors (Lipinski definition) is 1. The van der Waals surface area contributed by atoms with E-state index in [2.05, 4.69) is 38.4 Å². The molecule has 3 heterocycles. The molecule has 1 N–H and O–H groups in total. The number of piperidine rings is 1. The summed E-state index contributed by atoms with van der Waals surface area (Å²) in [6.07, 6.45) is 6.06. The first-order valence-electron chi connectivity index (χ1n) is 9.62. The number of thiazole rings is 1. The third-order valence-corrected chi connectivity index (χ3v) is 7.13. The first-order valence-corrected chi connectivity index (χ1v) is 11.4. The van der Waals surface area contributed by atoms with Crippen molar-refractivity contribution in [3.05, 3.63) is 54.4 Å². The van der Waals surface area contributed by atoms with Crippen molar-refractivity contribution < 1.29 is 4.79 Å². The molecule has 0 saturated carbocycles. The highest BCUT2D eigenvalue weighted by Crippen LogP contribution is 2.29. The standard InChI is InChI=1S/C21H24N4OS2/c26-20(15-27-21-24-18-5-1-2-6-19(18)28-21)23-12-17-4-3-11-25(14-17)13-16-7-9-22-10-8-16/h1-2,5-10,17H,3-4,11-15H2,(H,23,26). The number of para-hydroxylation sites is 1. The van der Waals surface area contributed by atoms with Crippen LogP contribution in [0.3, 0.4) is 0 Å². The van der Waals surface area contributed by atoms with Crippen LogP contribution in [0.4, 0.5) is 0 Å². The van der Waals surface area contributed by atoms with Crippen LogP contribution in [0.1, 0.15) is 18.4 Å². The molecule has 7 heteroatoms. The van der Waals surface area contributed by atoms with Crippen LogP contribution in [0.15, 0.2) is 53.1 Å². The Bertz CT molecular complexity index is 882. The van der Waals surface area contributed by atoms with Crippen molar-refractivity contribution in [1.82, 2.24) is 20.2 Å². The molecule has 1 saturated heterocycles. The summed E-state index contributed by atoms with van der Waals surface area (Å²) in [5.74, 6) is 1.04. The fourth-order valence-corrected chi connectivity index (χ4v) is 5.46. The lowest BCUT2D eigenvalue weighted by Crippen LogP contribution is -2.40. The van der Waals surface area contributed by atoms with Gasteiger partial charge in [-0.15, -0.1) is 11.3 Å². The number of amides is 1. The number of carbonyl (C=O) groups is 1. The van der Waals surface area contributed by atoms with Crippen LogP contribution in [-0.2, 0) is 11.3 Å². The number of nitrogens with zero attached hydrogens (tertiary/aromatic N) is 3. The molecule has 146 valence electrons. The smallest absolute Gasteiger partial charge is 0.230 e. The van der Waals surface area contributed by atoms with E-state index in [0.29, 0.717) is 11.7 Å². The molecule has 2 aromatic heterocycles. The molecule has 1 atom stereocenters. The summed E-state index contributed by atoms with van der Waals surface area (Å²) in [7, 11) is 0. The van der Waals surface area contributed by atoms with Crippen molar-refractivity contribution in [2.24, 2.45) is 5.92 Å². The zero-order chi connectivity index (χ0) is 19.2. The summed E-state index contributed by atoms with van der Waals surface area (Å²) < 4.78 is 2.12. The second-order valence-corrected chi connectivity index (χ2v) is 9.39. The summed E-state index contributed by atoms with van der Waals surface area (Å²) in [6.45, 7) is 3.88. The van der Waals surface area contributed by atoms with Crippen LogP contribution in [-0.4, -0.2) is 46.2 Å². The monoisotopic (exact) mass is 412 g/mol. The maximum Gasteiger partial charge on any atom is 0.230 e. The molecular weight excluding hydrogens is 388 g/mol. The van der Waals surface area contributed by atoms with Gasteiger partial charge in [-0.2, -0.15) is 0 Å². The number of benzene rings is 1. The Labute approximate surface area is 173 Å². The number of nitrogens with one attached hydrogen (secondary N) is 1. The molecule has 28 heavy (non-hydrogen) atoms. The van der Waals surface area contributed by atoms with Gasteiger partial charge in [-0.1, -0.05) is 23.9 Å². The number of thioether (sulfide) groups is 1. The summed E-state index contributed by atoms with van der Waals surface area (Å²) in [6, 6.07) is 12.2. The zero-order valence-corrected chi connectivity index (χ0v) is 17.3. The lowest BCUT2D eigenvalue weighted by molar-refractivity contribution is -0.118. The van der Waals surface area contributed by atoms with Gasteiger partial charge in [-0.3, -0.25) is 14.7 Å². The Kier molecular flexibility index (Phi) is 6.57. The zero-order valence-electron chi connectivity index (χ0n) is 15.7. The van der Waals surface area contributed by atoms with Crippen molar-refractivity contribution >= 4 is 39.2 Å². The van der Waals surface area contributed by atoms with Crippen molar-refractivity contribution in [3.8, 4) is 0 Å². The van der Waals surface area contributed by atoms with E-state index in [1.54, 1.807) is 11.3 Å². The summed E-state index contributed by atoms with van der Waals surface area (Å²) in [4.78, 5) is 23.4. The fourth-order valence-electron chi connectivity index (χ4n) is 3.56.